The predicted octanol–water partition coefficient (Wildman–Crippen LogP) is 4.29. The van der Waals surface area contributed by atoms with Gasteiger partial charge >= 0.3 is 0 Å². The lowest BCUT2D eigenvalue weighted by molar-refractivity contribution is 0.598. The first kappa shape index (κ1) is 13.4. The maximum Gasteiger partial charge on any atom is 0.0739 e. The zero-order valence-corrected chi connectivity index (χ0v) is 13.6. The Labute approximate surface area is 127 Å². The SMILES string of the molecule is CCn1nc(C)c(Br)c1Cn1c(C)cc2ccccc21. The first-order valence-electron chi connectivity index (χ1n) is 6.88. The van der Waals surface area contributed by atoms with Crippen LogP contribution in [0.1, 0.15) is 24.0 Å². The Morgan fingerprint density at radius 3 is 2.70 bits per heavy atom. The van der Waals surface area contributed by atoms with E-state index in [1.165, 1.54) is 22.3 Å². The standard InChI is InChI=1S/C16H18BrN3/c1-4-20-15(16(17)12(3)18-20)10-19-11(2)9-13-7-5-6-8-14(13)19/h5-9H,4,10H2,1-3H3. The molecule has 0 N–H and O–H groups in total. The van der Waals surface area contributed by atoms with Crippen molar-refractivity contribution >= 4 is 26.8 Å². The van der Waals surface area contributed by atoms with Gasteiger partial charge in [-0.05, 0) is 54.2 Å². The molecule has 0 aliphatic rings. The number of para-hydroxylation sites is 1. The van der Waals surface area contributed by atoms with Crippen LogP contribution in [0.3, 0.4) is 0 Å². The van der Waals surface area contributed by atoms with Crippen LogP contribution in [0.5, 0.6) is 0 Å². The van der Waals surface area contributed by atoms with Crippen LogP contribution in [-0.4, -0.2) is 14.3 Å². The molecule has 1 aromatic carbocycles. The first-order chi connectivity index (χ1) is 9.61. The lowest BCUT2D eigenvalue weighted by atomic mass is 10.2. The molecule has 2 heterocycles. The Kier molecular flexibility index (Phi) is 3.42. The Morgan fingerprint density at radius 2 is 1.95 bits per heavy atom. The van der Waals surface area contributed by atoms with Gasteiger partial charge in [0.05, 0.1) is 22.4 Å². The summed E-state index contributed by atoms with van der Waals surface area (Å²) >= 11 is 3.68. The van der Waals surface area contributed by atoms with Gasteiger partial charge < -0.3 is 4.57 Å². The Hall–Kier alpha value is -1.55. The molecule has 0 bridgehead atoms. The number of fused-ring (bicyclic) bond motifs is 1. The molecule has 0 unspecified atom stereocenters. The number of hydrogen-bond donors (Lipinski definition) is 0. The zero-order chi connectivity index (χ0) is 14.3. The summed E-state index contributed by atoms with van der Waals surface area (Å²) in [5.41, 5.74) is 4.84. The van der Waals surface area contributed by atoms with Crippen LogP contribution in [0.4, 0.5) is 0 Å². The number of aryl methyl sites for hydroxylation is 3. The topological polar surface area (TPSA) is 22.8 Å². The highest BCUT2D eigenvalue weighted by molar-refractivity contribution is 9.10. The maximum absolute atomic E-state index is 4.58. The summed E-state index contributed by atoms with van der Waals surface area (Å²) in [5.74, 6) is 0. The van der Waals surface area contributed by atoms with Crippen molar-refractivity contribution in [2.45, 2.75) is 33.9 Å². The Balaban J connectivity index is 2.12. The molecule has 20 heavy (non-hydrogen) atoms. The molecule has 0 aliphatic carbocycles. The molecule has 3 rings (SSSR count). The fourth-order valence-corrected chi connectivity index (χ4v) is 3.14. The molecular weight excluding hydrogens is 314 g/mol. The first-order valence-corrected chi connectivity index (χ1v) is 7.67. The number of rotatable bonds is 3. The molecule has 3 aromatic rings. The van der Waals surface area contributed by atoms with Gasteiger partial charge in [0.25, 0.3) is 0 Å². The van der Waals surface area contributed by atoms with Crippen LogP contribution in [0, 0.1) is 13.8 Å². The van der Waals surface area contributed by atoms with Crippen molar-refractivity contribution in [3.63, 3.8) is 0 Å². The van der Waals surface area contributed by atoms with Crippen molar-refractivity contribution in [2.75, 3.05) is 0 Å². The second-order valence-electron chi connectivity index (χ2n) is 5.09. The van der Waals surface area contributed by atoms with E-state index in [0.717, 1.165) is 23.3 Å². The number of hydrogen-bond acceptors (Lipinski definition) is 1. The molecular formula is C16H18BrN3. The highest BCUT2D eigenvalue weighted by Gasteiger charge is 2.14. The van der Waals surface area contributed by atoms with Gasteiger partial charge in [-0.2, -0.15) is 5.10 Å². The minimum absolute atomic E-state index is 0.842. The molecule has 0 saturated carbocycles. The largest absolute Gasteiger partial charge is 0.339 e. The maximum atomic E-state index is 4.58. The molecule has 4 heteroatoms. The van der Waals surface area contributed by atoms with Crippen LogP contribution < -0.4 is 0 Å². The Bertz CT molecular complexity index is 767. The van der Waals surface area contributed by atoms with Gasteiger partial charge in [0.15, 0.2) is 0 Å². The van der Waals surface area contributed by atoms with Crippen LogP contribution in [0.15, 0.2) is 34.8 Å². The normalized spacial score (nSPS) is 11.4. The molecule has 104 valence electrons. The van der Waals surface area contributed by atoms with E-state index >= 15 is 0 Å². The number of halogens is 1. The zero-order valence-electron chi connectivity index (χ0n) is 12.0. The summed E-state index contributed by atoms with van der Waals surface area (Å²) < 4.78 is 5.55. The van der Waals surface area contributed by atoms with Gasteiger partial charge in [-0.15, -0.1) is 0 Å². The third-order valence-corrected chi connectivity index (χ3v) is 4.81. The van der Waals surface area contributed by atoms with Gasteiger partial charge in [-0.25, -0.2) is 0 Å². The van der Waals surface area contributed by atoms with E-state index in [0.29, 0.717) is 0 Å². The minimum Gasteiger partial charge on any atom is -0.339 e. The molecule has 2 aromatic heterocycles. The molecule has 0 amide bonds. The molecule has 3 nitrogen and oxygen atoms in total. The molecule has 0 radical (unpaired) electrons. The van der Waals surface area contributed by atoms with Crippen LogP contribution >= 0.6 is 15.9 Å². The molecule has 0 spiro atoms. The van der Waals surface area contributed by atoms with Crippen molar-refractivity contribution in [2.24, 2.45) is 0 Å². The summed E-state index contributed by atoms with van der Waals surface area (Å²) in [5, 5.41) is 5.87. The third-order valence-electron chi connectivity index (χ3n) is 3.78. The summed E-state index contributed by atoms with van der Waals surface area (Å²) in [4.78, 5) is 0. The number of benzene rings is 1. The molecule has 0 aliphatic heterocycles. The van der Waals surface area contributed by atoms with Gasteiger partial charge in [-0.3, -0.25) is 4.68 Å². The van der Waals surface area contributed by atoms with Crippen molar-refractivity contribution in [3.05, 3.63) is 51.9 Å². The number of aromatic nitrogens is 3. The highest BCUT2D eigenvalue weighted by Crippen LogP contribution is 2.25. The van der Waals surface area contributed by atoms with Crippen molar-refractivity contribution in [1.29, 1.82) is 0 Å². The summed E-state index contributed by atoms with van der Waals surface area (Å²) in [7, 11) is 0. The second kappa shape index (κ2) is 5.09. The van der Waals surface area contributed by atoms with E-state index in [-0.39, 0.29) is 0 Å². The lowest BCUT2D eigenvalue weighted by Gasteiger charge is -2.10. The van der Waals surface area contributed by atoms with E-state index in [4.69, 9.17) is 0 Å². The van der Waals surface area contributed by atoms with Gasteiger partial charge in [0.2, 0.25) is 0 Å². The second-order valence-corrected chi connectivity index (χ2v) is 5.89. The van der Waals surface area contributed by atoms with Gasteiger partial charge in [-0.1, -0.05) is 18.2 Å². The Morgan fingerprint density at radius 1 is 1.20 bits per heavy atom. The summed E-state index contributed by atoms with van der Waals surface area (Å²) in [6.07, 6.45) is 0. The predicted molar refractivity (Wildman–Crippen MR) is 86.1 cm³/mol. The molecule has 0 fully saturated rings. The van der Waals surface area contributed by atoms with Crippen molar-refractivity contribution < 1.29 is 0 Å². The fraction of sp³-hybridized carbons (Fsp3) is 0.312. The van der Waals surface area contributed by atoms with Crippen LogP contribution in [0.25, 0.3) is 10.9 Å². The average molecular weight is 332 g/mol. The summed E-state index contributed by atoms with van der Waals surface area (Å²) in [6.45, 7) is 8.06. The van der Waals surface area contributed by atoms with E-state index in [2.05, 4.69) is 74.5 Å². The minimum atomic E-state index is 0.842. The molecule has 0 saturated heterocycles. The quantitative estimate of drug-likeness (QED) is 0.702. The van der Waals surface area contributed by atoms with E-state index in [9.17, 15) is 0 Å². The smallest absolute Gasteiger partial charge is 0.0739 e. The summed E-state index contributed by atoms with van der Waals surface area (Å²) in [6, 6.07) is 10.8. The third kappa shape index (κ3) is 2.08. The monoisotopic (exact) mass is 331 g/mol. The number of nitrogens with zero attached hydrogens (tertiary/aromatic N) is 3. The van der Waals surface area contributed by atoms with Crippen molar-refractivity contribution in [1.82, 2.24) is 14.3 Å². The van der Waals surface area contributed by atoms with Gasteiger partial charge in [0.1, 0.15) is 0 Å². The van der Waals surface area contributed by atoms with Crippen LogP contribution in [0.2, 0.25) is 0 Å². The fourth-order valence-electron chi connectivity index (χ4n) is 2.73. The van der Waals surface area contributed by atoms with E-state index < -0.39 is 0 Å². The highest BCUT2D eigenvalue weighted by atomic mass is 79.9. The lowest BCUT2D eigenvalue weighted by Crippen LogP contribution is -2.09. The van der Waals surface area contributed by atoms with E-state index in [1.807, 2.05) is 6.92 Å². The van der Waals surface area contributed by atoms with E-state index in [1.54, 1.807) is 0 Å². The average Bonchev–Trinajstić information content (AvgIpc) is 2.90. The van der Waals surface area contributed by atoms with Gasteiger partial charge in [0, 0.05) is 17.8 Å². The molecule has 0 atom stereocenters. The van der Waals surface area contributed by atoms with Crippen LogP contribution in [-0.2, 0) is 13.1 Å². The van der Waals surface area contributed by atoms with Crippen molar-refractivity contribution in [3.8, 4) is 0 Å².